The third-order valence-electron chi connectivity index (χ3n) is 1.52. The van der Waals surface area contributed by atoms with Gasteiger partial charge >= 0.3 is 0 Å². The quantitative estimate of drug-likeness (QED) is 0.747. The number of halogens is 2. The number of hydrogen-bond donors (Lipinski definition) is 0. The average molecular weight is 272 g/mol. The highest BCUT2D eigenvalue weighted by Gasteiger charge is 2.04. The summed E-state index contributed by atoms with van der Waals surface area (Å²) < 4.78 is 0.666. The first-order chi connectivity index (χ1) is 6.77. The fraction of sp³-hybridized carbons (Fsp3) is 0. The van der Waals surface area contributed by atoms with Crippen LogP contribution in [0.1, 0.15) is 0 Å². The Labute approximate surface area is 93.5 Å². The van der Waals surface area contributed by atoms with Crippen molar-refractivity contribution in [3.8, 4) is 11.4 Å². The lowest BCUT2D eigenvalue weighted by atomic mass is 10.3. The van der Waals surface area contributed by atoms with E-state index in [9.17, 15) is 0 Å². The standard InChI is InChI=1S/C8H4BrClN4/c9-6-3-13-8(14-7(6)10)5-1-11-4-12-2-5/h1-4H. The summed E-state index contributed by atoms with van der Waals surface area (Å²) in [4.78, 5) is 15.9. The Kier molecular flexibility index (Phi) is 2.69. The third-order valence-corrected chi connectivity index (χ3v) is 2.62. The molecule has 4 nitrogen and oxygen atoms in total. The van der Waals surface area contributed by atoms with Crippen LogP contribution in [0.2, 0.25) is 5.15 Å². The molecule has 0 saturated heterocycles. The maximum absolute atomic E-state index is 5.82. The van der Waals surface area contributed by atoms with Crippen LogP contribution >= 0.6 is 27.5 Å². The van der Waals surface area contributed by atoms with Gasteiger partial charge in [-0.05, 0) is 15.9 Å². The fourth-order valence-electron chi connectivity index (χ4n) is 0.900. The Hall–Kier alpha value is -1.07. The van der Waals surface area contributed by atoms with Gasteiger partial charge in [0.15, 0.2) is 5.82 Å². The monoisotopic (exact) mass is 270 g/mol. The molecule has 0 aromatic carbocycles. The highest BCUT2D eigenvalue weighted by atomic mass is 79.9. The van der Waals surface area contributed by atoms with Gasteiger partial charge in [-0.25, -0.2) is 19.9 Å². The van der Waals surface area contributed by atoms with E-state index in [1.54, 1.807) is 18.6 Å². The van der Waals surface area contributed by atoms with Crippen LogP contribution in [0.4, 0.5) is 0 Å². The van der Waals surface area contributed by atoms with E-state index in [1.165, 1.54) is 6.33 Å². The molecule has 2 aromatic heterocycles. The van der Waals surface area contributed by atoms with Crippen LogP contribution in [0.15, 0.2) is 29.4 Å². The van der Waals surface area contributed by atoms with Crippen molar-refractivity contribution >= 4 is 27.5 Å². The van der Waals surface area contributed by atoms with Gasteiger partial charge in [-0.15, -0.1) is 0 Å². The smallest absolute Gasteiger partial charge is 0.164 e. The van der Waals surface area contributed by atoms with Crippen molar-refractivity contribution in [2.45, 2.75) is 0 Å². The van der Waals surface area contributed by atoms with Crippen molar-refractivity contribution in [3.63, 3.8) is 0 Å². The minimum Gasteiger partial charge on any atom is -0.244 e. The zero-order valence-corrected chi connectivity index (χ0v) is 9.20. The molecule has 0 radical (unpaired) electrons. The highest BCUT2D eigenvalue weighted by Crippen LogP contribution is 2.21. The molecular formula is C8H4BrClN4. The highest BCUT2D eigenvalue weighted by molar-refractivity contribution is 9.10. The third kappa shape index (κ3) is 1.88. The van der Waals surface area contributed by atoms with Crippen molar-refractivity contribution in [3.05, 3.63) is 34.5 Å². The van der Waals surface area contributed by atoms with Gasteiger partial charge in [0.1, 0.15) is 11.5 Å². The summed E-state index contributed by atoms with van der Waals surface area (Å²) in [6.45, 7) is 0. The van der Waals surface area contributed by atoms with Crippen LogP contribution in [0.25, 0.3) is 11.4 Å². The summed E-state index contributed by atoms with van der Waals surface area (Å²) in [6, 6.07) is 0. The van der Waals surface area contributed by atoms with E-state index in [0.29, 0.717) is 15.5 Å². The van der Waals surface area contributed by atoms with E-state index in [1.807, 2.05) is 0 Å². The Morgan fingerprint density at radius 3 is 2.50 bits per heavy atom. The molecular weight excluding hydrogens is 267 g/mol. The first kappa shape index (κ1) is 9.48. The fourth-order valence-corrected chi connectivity index (χ4v) is 1.22. The summed E-state index contributed by atoms with van der Waals surface area (Å²) in [5.41, 5.74) is 0.738. The summed E-state index contributed by atoms with van der Waals surface area (Å²) in [7, 11) is 0. The van der Waals surface area contributed by atoms with Crippen LogP contribution in [0.3, 0.4) is 0 Å². The lowest BCUT2D eigenvalue weighted by molar-refractivity contribution is 1.11. The maximum atomic E-state index is 5.82. The maximum Gasteiger partial charge on any atom is 0.164 e. The molecule has 0 spiro atoms. The predicted octanol–water partition coefficient (Wildman–Crippen LogP) is 2.35. The Morgan fingerprint density at radius 1 is 1.14 bits per heavy atom. The van der Waals surface area contributed by atoms with Crippen molar-refractivity contribution in [2.24, 2.45) is 0 Å². The normalized spacial score (nSPS) is 10.1. The first-order valence-electron chi connectivity index (χ1n) is 3.71. The number of aromatic nitrogens is 4. The molecule has 0 unspecified atom stereocenters. The molecule has 0 saturated carbocycles. The van der Waals surface area contributed by atoms with Gasteiger partial charge in [0.25, 0.3) is 0 Å². The van der Waals surface area contributed by atoms with Crippen molar-refractivity contribution in [1.82, 2.24) is 19.9 Å². The molecule has 0 amide bonds. The molecule has 0 aliphatic rings. The molecule has 0 atom stereocenters. The Balaban J connectivity index is 2.48. The van der Waals surface area contributed by atoms with E-state index in [2.05, 4.69) is 35.9 Å². The minimum atomic E-state index is 0.374. The summed E-state index contributed by atoms with van der Waals surface area (Å²) in [5.74, 6) is 0.513. The molecule has 2 heterocycles. The molecule has 0 N–H and O–H groups in total. The predicted molar refractivity (Wildman–Crippen MR) is 55.8 cm³/mol. The van der Waals surface area contributed by atoms with Gasteiger partial charge < -0.3 is 0 Å². The molecule has 70 valence electrons. The summed E-state index contributed by atoms with van der Waals surface area (Å²) in [6.07, 6.45) is 6.31. The lowest BCUT2D eigenvalue weighted by Crippen LogP contribution is -1.91. The zero-order chi connectivity index (χ0) is 9.97. The molecule has 0 aliphatic heterocycles. The van der Waals surface area contributed by atoms with Gasteiger partial charge in [0.2, 0.25) is 0 Å². The first-order valence-corrected chi connectivity index (χ1v) is 4.88. The number of hydrogen-bond acceptors (Lipinski definition) is 4. The van der Waals surface area contributed by atoms with E-state index in [4.69, 9.17) is 11.6 Å². The van der Waals surface area contributed by atoms with Crippen LogP contribution in [0, 0.1) is 0 Å². The summed E-state index contributed by atoms with van der Waals surface area (Å²) >= 11 is 9.04. The van der Waals surface area contributed by atoms with Crippen molar-refractivity contribution in [1.29, 1.82) is 0 Å². The molecule has 14 heavy (non-hydrogen) atoms. The second kappa shape index (κ2) is 3.98. The molecule has 6 heteroatoms. The number of nitrogens with zero attached hydrogens (tertiary/aromatic N) is 4. The largest absolute Gasteiger partial charge is 0.244 e. The SMILES string of the molecule is Clc1nc(-c2cncnc2)ncc1Br. The minimum absolute atomic E-state index is 0.374. The molecule has 2 aromatic rings. The Bertz CT molecular complexity index is 448. The average Bonchev–Trinajstić information content (AvgIpc) is 2.23. The zero-order valence-electron chi connectivity index (χ0n) is 6.85. The van der Waals surface area contributed by atoms with Crippen LogP contribution in [0.5, 0.6) is 0 Å². The molecule has 0 bridgehead atoms. The van der Waals surface area contributed by atoms with Crippen LogP contribution in [-0.2, 0) is 0 Å². The van der Waals surface area contributed by atoms with E-state index in [0.717, 1.165) is 5.56 Å². The van der Waals surface area contributed by atoms with Gasteiger partial charge in [-0.1, -0.05) is 11.6 Å². The number of rotatable bonds is 1. The van der Waals surface area contributed by atoms with Crippen LogP contribution < -0.4 is 0 Å². The van der Waals surface area contributed by atoms with Gasteiger partial charge in [0.05, 0.1) is 10.0 Å². The molecule has 0 aliphatic carbocycles. The van der Waals surface area contributed by atoms with Crippen molar-refractivity contribution in [2.75, 3.05) is 0 Å². The van der Waals surface area contributed by atoms with E-state index in [-0.39, 0.29) is 0 Å². The van der Waals surface area contributed by atoms with Gasteiger partial charge in [0, 0.05) is 18.6 Å². The van der Waals surface area contributed by atoms with E-state index < -0.39 is 0 Å². The van der Waals surface area contributed by atoms with Gasteiger partial charge in [-0.2, -0.15) is 0 Å². The Morgan fingerprint density at radius 2 is 1.86 bits per heavy atom. The molecule has 2 rings (SSSR count). The topological polar surface area (TPSA) is 51.6 Å². The second-order valence-electron chi connectivity index (χ2n) is 2.46. The summed E-state index contributed by atoms with van der Waals surface area (Å²) in [5, 5.41) is 0.374. The van der Waals surface area contributed by atoms with Crippen LogP contribution in [-0.4, -0.2) is 19.9 Å². The second-order valence-corrected chi connectivity index (χ2v) is 3.67. The molecule has 0 fully saturated rings. The lowest BCUT2D eigenvalue weighted by Gasteiger charge is -1.99. The van der Waals surface area contributed by atoms with Gasteiger partial charge in [-0.3, -0.25) is 0 Å². The van der Waals surface area contributed by atoms with Crippen molar-refractivity contribution < 1.29 is 0 Å². The van der Waals surface area contributed by atoms with E-state index >= 15 is 0 Å².